The molecule has 2 aliphatic rings. The molecule has 5 heteroatoms. The Balaban J connectivity index is 1.44. The van der Waals surface area contributed by atoms with Gasteiger partial charge in [-0.3, -0.25) is 9.59 Å². The lowest BCUT2D eigenvalue weighted by Gasteiger charge is -2.34. The van der Waals surface area contributed by atoms with Crippen LogP contribution in [0.25, 0.3) is 0 Å². The molecule has 0 bridgehead atoms. The molecule has 2 aromatic rings. The van der Waals surface area contributed by atoms with Gasteiger partial charge in [-0.15, -0.1) is 0 Å². The number of nitrogens with one attached hydrogen (secondary N) is 1. The highest BCUT2D eigenvalue weighted by molar-refractivity contribution is 5.87. The maximum absolute atomic E-state index is 13.0. The summed E-state index contributed by atoms with van der Waals surface area (Å²) >= 11 is 0. The minimum atomic E-state index is -0.599. The molecule has 2 aromatic carbocycles. The zero-order valence-corrected chi connectivity index (χ0v) is 16.9. The maximum Gasteiger partial charge on any atom is 0.318 e. The molecule has 0 aromatic heterocycles. The summed E-state index contributed by atoms with van der Waals surface area (Å²) in [4.78, 5) is 25.4. The van der Waals surface area contributed by atoms with E-state index in [4.69, 9.17) is 9.47 Å². The average molecular weight is 393 g/mol. The van der Waals surface area contributed by atoms with Crippen molar-refractivity contribution < 1.29 is 19.1 Å². The molecule has 4 rings (SSSR count). The average Bonchev–Trinajstić information content (AvgIpc) is 2.73. The van der Waals surface area contributed by atoms with Gasteiger partial charge in [0.15, 0.2) is 6.61 Å². The Morgan fingerprint density at radius 2 is 1.62 bits per heavy atom. The van der Waals surface area contributed by atoms with E-state index in [1.165, 1.54) is 6.42 Å². The van der Waals surface area contributed by atoms with E-state index in [2.05, 4.69) is 19.2 Å². The second kappa shape index (κ2) is 8.27. The quantitative estimate of drug-likeness (QED) is 0.782. The van der Waals surface area contributed by atoms with Crippen LogP contribution in [0.15, 0.2) is 48.5 Å². The zero-order valence-electron chi connectivity index (χ0n) is 16.9. The molecule has 1 N–H and O–H groups in total. The summed E-state index contributed by atoms with van der Waals surface area (Å²) < 4.78 is 11.4. The molecule has 5 nitrogen and oxygen atoms in total. The van der Waals surface area contributed by atoms with Gasteiger partial charge in [0.05, 0.1) is 0 Å². The van der Waals surface area contributed by atoms with Crippen LogP contribution in [0.1, 0.15) is 50.2 Å². The van der Waals surface area contributed by atoms with Crippen molar-refractivity contribution in [3.8, 4) is 11.5 Å². The number of esters is 1. The fourth-order valence-electron chi connectivity index (χ4n) is 4.42. The Bertz CT molecular complexity index is 864. The van der Waals surface area contributed by atoms with Crippen LogP contribution in [0.5, 0.6) is 11.5 Å². The number of amides is 1. The van der Waals surface area contributed by atoms with E-state index < -0.39 is 11.9 Å². The molecule has 1 aliphatic heterocycles. The molecule has 0 saturated heterocycles. The molecule has 1 aliphatic carbocycles. The molecule has 1 saturated carbocycles. The SMILES string of the molecule is C[C@@H]1[C@H](C)CCC[C@@H]1NC(=O)COC(=O)C1c2ccccc2Oc2ccccc21. The first kappa shape index (κ1) is 19.5. The molecule has 0 unspecified atom stereocenters. The number of carbonyl (C=O) groups is 2. The lowest BCUT2D eigenvalue weighted by atomic mass is 9.78. The van der Waals surface area contributed by atoms with Crippen molar-refractivity contribution in [1.29, 1.82) is 0 Å². The molecule has 29 heavy (non-hydrogen) atoms. The van der Waals surface area contributed by atoms with Crippen molar-refractivity contribution >= 4 is 11.9 Å². The summed E-state index contributed by atoms with van der Waals surface area (Å²) in [7, 11) is 0. The number of hydrogen-bond donors (Lipinski definition) is 1. The largest absolute Gasteiger partial charge is 0.457 e. The van der Waals surface area contributed by atoms with E-state index >= 15 is 0 Å². The summed E-state index contributed by atoms with van der Waals surface area (Å²) in [5.41, 5.74) is 1.51. The van der Waals surface area contributed by atoms with Crippen LogP contribution in [-0.2, 0) is 14.3 Å². The van der Waals surface area contributed by atoms with E-state index in [9.17, 15) is 9.59 Å². The normalized spacial score (nSPS) is 23.3. The van der Waals surface area contributed by atoms with Crippen molar-refractivity contribution in [2.75, 3.05) is 6.61 Å². The van der Waals surface area contributed by atoms with Crippen LogP contribution in [0.3, 0.4) is 0 Å². The summed E-state index contributed by atoms with van der Waals surface area (Å²) in [5, 5.41) is 3.05. The van der Waals surface area contributed by atoms with Gasteiger partial charge in [-0.1, -0.05) is 63.1 Å². The van der Waals surface area contributed by atoms with Crippen molar-refractivity contribution in [1.82, 2.24) is 5.32 Å². The molecule has 1 amide bonds. The highest BCUT2D eigenvalue weighted by Gasteiger charge is 2.34. The molecule has 152 valence electrons. The summed E-state index contributed by atoms with van der Waals surface area (Å²) in [5.74, 6) is 1.03. The summed E-state index contributed by atoms with van der Waals surface area (Å²) in [6.45, 7) is 4.14. The van der Waals surface area contributed by atoms with Crippen molar-refractivity contribution in [3.05, 3.63) is 59.7 Å². The number of fused-ring (bicyclic) bond motifs is 2. The number of carbonyl (C=O) groups excluding carboxylic acids is 2. The van der Waals surface area contributed by atoms with Gasteiger partial charge in [0.25, 0.3) is 5.91 Å². The van der Waals surface area contributed by atoms with E-state index in [-0.39, 0.29) is 18.6 Å². The van der Waals surface area contributed by atoms with Gasteiger partial charge in [-0.2, -0.15) is 0 Å². The van der Waals surface area contributed by atoms with Crippen molar-refractivity contribution in [2.45, 2.75) is 45.1 Å². The smallest absolute Gasteiger partial charge is 0.318 e. The standard InChI is InChI=1S/C24H27NO4/c1-15-8-7-11-19(16(15)2)25-22(26)14-28-24(27)23-17-9-3-5-12-20(17)29-21-13-6-4-10-18(21)23/h3-6,9-10,12-13,15-16,19,23H,7-8,11,14H2,1-2H3,(H,25,26)/t15-,16-,19+/m1/s1. The summed E-state index contributed by atoms with van der Waals surface area (Å²) in [6, 6.07) is 15.0. The third kappa shape index (κ3) is 4.00. The van der Waals surface area contributed by atoms with E-state index in [1.54, 1.807) is 0 Å². The van der Waals surface area contributed by atoms with Gasteiger partial charge in [-0.05, 0) is 30.4 Å². The maximum atomic E-state index is 13.0. The number of para-hydroxylation sites is 2. The number of hydrogen-bond acceptors (Lipinski definition) is 4. The van der Waals surface area contributed by atoms with E-state index in [0.717, 1.165) is 24.0 Å². The fraction of sp³-hybridized carbons (Fsp3) is 0.417. The minimum absolute atomic E-state index is 0.148. The molecular formula is C24H27NO4. The number of rotatable bonds is 4. The second-order valence-electron chi connectivity index (χ2n) is 8.16. The van der Waals surface area contributed by atoms with E-state index in [1.807, 2.05) is 48.5 Å². The molecule has 0 radical (unpaired) electrons. The van der Waals surface area contributed by atoms with Crippen molar-refractivity contribution in [3.63, 3.8) is 0 Å². The predicted molar refractivity (Wildman–Crippen MR) is 110 cm³/mol. The molecule has 0 spiro atoms. The van der Waals surface area contributed by atoms with Crippen molar-refractivity contribution in [2.24, 2.45) is 11.8 Å². The van der Waals surface area contributed by atoms with E-state index in [0.29, 0.717) is 23.3 Å². The van der Waals surface area contributed by atoms with Gasteiger partial charge in [0, 0.05) is 17.2 Å². The lowest BCUT2D eigenvalue weighted by molar-refractivity contribution is -0.149. The first-order valence-electron chi connectivity index (χ1n) is 10.4. The third-order valence-electron chi connectivity index (χ3n) is 6.31. The minimum Gasteiger partial charge on any atom is -0.457 e. The first-order valence-corrected chi connectivity index (χ1v) is 10.4. The summed E-state index contributed by atoms with van der Waals surface area (Å²) in [6.07, 6.45) is 3.29. The predicted octanol–water partition coefficient (Wildman–Crippen LogP) is 4.41. The molecule has 1 fully saturated rings. The topological polar surface area (TPSA) is 64.6 Å². The Hall–Kier alpha value is -2.82. The van der Waals surface area contributed by atoms with Gasteiger partial charge in [0.2, 0.25) is 0 Å². The zero-order chi connectivity index (χ0) is 20.4. The molecule has 3 atom stereocenters. The Morgan fingerprint density at radius 1 is 1.00 bits per heavy atom. The van der Waals surface area contributed by atoms with Crippen LogP contribution in [-0.4, -0.2) is 24.5 Å². The third-order valence-corrected chi connectivity index (χ3v) is 6.31. The highest BCUT2D eigenvalue weighted by atomic mass is 16.5. The number of ether oxygens (including phenoxy) is 2. The second-order valence-corrected chi connectivity index (χ2v) is 8.16. The Morgan fingerprint density at radius 3 is 2.28 bits per heavy atom. The lowest BCUT2D eigenvalue weighted by Crippen LogP contribution is -2.45. The van der Waals surface area contributed by atoms with Crippen LogP contribution >= 0.6 is 0 Å². The Kier molecular flexibility index (Phi) is 5.56. The van der Waals surface area contributed by atoms with Crippen LogP contribution in [0, 0.1) is 11.8 Å². The molecule has 1 heterocycles. The first-order chi connectivity index (χ1) is 14.0. The van der Waals surface area contributed by atoms with Crippen LogP contribution in [0.2, 0.25) is 0 Å². The van der Waals surface area contributed by atoms with Gasteiger partial charge < -0.3 is 14.8 Å². The van der Waals surface area contributed by atoms with Gasteiger partial charge in [-0.25, -0.2) is 0 Å². The molecular weight excluding hydrogens is 366 g/mol. The monoisotopic (exact) mass is 393 g/mol. The van der Waals surface area contributed by atoms with Gasteiger partial charge in [0.1, 0.15) is 17.4 Å². The van der Waals surface area contributed by atoms with Crippen LogP contribution in [0.4, 0.5) is 0 Å². The Labute approximate surface area is 171 Å². The number of benzene rings is 2. The fourth-order valence-corrected chi connectivity index (χ4v) is 4.42. The highest BCUT2D eigenvalue weighted by Crippen LogP contribution is 2.44. The van der Waals surface area contributed by atoms with Gasteiger partial charge >= 0.3 is 5.97 Å². The van der Waals surface area contributed by atoms with Crippen LogP contribution < -0.4 is 10.1 Å².